The van der Waals surface area contributed by atoms with Crippen LogP contribution in [0.1, 0.15) is 30.1 Å². The second kappa shape index (κ2) is 11.5. The van der Waals surface area contributed by atoms with Gasteiger partial charge < -0.3 is 19.1 Å². The first-order chi connectivity index (χ1) is 18.4. The van der Waals surface area contributed by atoms with Crippen molar-refractivity contribution in [3.05, 3.63) is 90.3 Å². The maximum atomic E-state index is 13.4. The number of sulfonamides is 1. The van der Waals surface area contributed by atoms with Gasteiger partial charge in [-0.25, -0.2) is 13.2 Å². The molecule has 1 aromatic heterocycles. The molecule has 38 heavy (non-hydrogen) atoms. The van der Waals surface area contributed by atoms with Crippen LogP contribution in [0.25, 0.3) is 0 Å². The first-order valence-corrected chi connectivity index (χ1v) is 14.2. The van der Waals surface area contributed by atoms with Crippen molar-refractivity contribution in [3.63, 3.8) is 0 Å². The molecular formula is C28H31N3O6S. The first kappa shape index (κ1) is 26.1. The summed E-state index contributed by atoms with van der Waals surface area (Å²) >= 11 is 0. The van der Waals surface area contributed by atoms with Crippen LogP contribution in [0.3, 0.4) is 0 Å². The van der Waals surface area contributed by atoms with Crippen LogP contribution in [0.4, 0.5) is 4.79 Å². The average Bonchev–Trinajstić information content (AvgIpc) is 3.58. The number of aromatic nitrogens is 1. The first-order valence-electron chi connectivity index (χ1n) is 12.6. The summed E-state index contributed by atoms with van der Waals surface area (Å²) in [5, 5.41) is 0. The predicted octanol–water partition coefficient (Wildman–Crippen LogP) is 4.03. The lowest BCUT2D eigenvalue weighted by atomic mass is 10.1. The smallest absolute Gasteiger partial charge is 0.415 e. The zero-order valence-electron chi connectivity index (χ0n) is 21.2. The molecule has 9 nitrogen and oxygen atoms in total. The molecule has 1 amide bonds. The fourth-order valence-electron chi connectivity index (χ4n) is 5.01. The molecule has 5 rings (SSSR count). The van der Waals surface area contributed by atoms with Gasteiger partial charge in [-0.05, 0) is 54.8 Å². The molecule has 2 aromatic carbocycles. The number of methoxy groups -OCH3 is 1. The number of carbonyl (C=O) groups excluding carboxylic acids is 1. The summed E-state index contributed by atoms with van der Waals surface area (Å²) in [6.45, 7) is 1.09. The Hall–Kier alpha value is -3.47. The zero-order valence-corrected chi connectivity index (χ0v) is 22.0. The molecule has 0 aliphatic carbocycles. The van der Waals surface area contributed by atoms with Gasteiger partial charge in [0.2, 0.25) is 10.0 Å². The Morgan fingerprint density at radius 1 is 0.974 bits per heavy atom. The second-order valence-electron chi connectivity index (χ2n) is 9.44. The molecule has 200 valence electrons. The van der Waals surface area contributed by atoms with Crippen molar-refractivity contribution in [2.75, 3.05) is 26.7 Å². The molecule has 3 unspecified atom stereocenters. The Morgan fingerprint density at radius 3 is 2.50 bits per heavy atom. The molecule has 3 aromatic rings. The summed E-state index contributed by atoms with van der Waals surface area (Å²) in [7, 11) is -2.00. The van der Waals surface area contributed by atoms with E-state index in [1.807, 2.05) is 24.3 Å². The number of nitrogens with zero attached hydrogens (tertiary/aromatic N) is 3. The number of rotatable bonds is 8. The van der Waals surface area contributed by atoms with E-state index in [1.165, 1.54) is 0 Å². The van der Waals surface area contributed by atoms with Crippen LogP contribution in [-0.4, -0.2) is 67.7 Å². The van der Waals surface area contributed by atoms with Crippen LogP contribution < -0.4 is 9.47 Å². The summed E-state index contributed by atoms with van der Waals surface area (Å²) in [6, 6.07) is 21.3. The molecule has 3 atom stereocenters. The summed E-state index contributed by atoms with van der Waals surface area (Å²) < 4.78 is 45.6. The average molecular weight is 538 g/mol. The number of para-hydroxylation sites is 1. The molecule has 2 aliphatic heterocycles. The van der Waals surface area contributed by atoms with E-state index < -0.39 is 22.2 Å². The summed E-state index contributed by atoms with van der Waals surface area (Å²) in [5.74, 6) is 0.847. The molecule has 0 saturated carbocycles. The number of likely N-dealkylation sites (tertiary alicyclic amines) is 1. The van der Waals surface area contributed by atoms with Crippen molar-refractivity contribution >= 4 is 16.1 Å². The largest absolute Gasteiger partial charge is 0.486 e. The summed E-state index contributed by atoms with van der Waals surface area (Å²) in [6.07, 6.45) is 1.99. The van der Waals surface area contributed by atoms with Gasteiger partial charge in [0.05, 0.1) is 30.6 Å². The van der Waals surface area contributed by atoms with Crippen molar-refractivity contribution in [1.82, 2.24) is 14.2 Å². The molecule has 2 aliphatic rings. The number of hydrogen-bond donors (Lipinski definition) is 0. The SMILES string of the molecule is COC1CN(C(=O)Oc2ccccc2)CC1Oc1cccc(CS(=O)(=O)N2CCCC2c2ccccn2)c1. The van der Waals surface area contributed by atoms with E-state index in [0.29, 0.717) is 30.2 Å². The highest BCUT2D eigenvalue weighted by Gasteiger charge is 2.39. The molecule has 0 radical (unpaired) electrons. The predicted molar refractivity (Wildman–Crippen MR) is 141 cm³/mol. The Kier molecular flexibility index (Phi) is 7.92. The van der Waals surface area contributed by atoms with Gasteiger partial charge >= 0.3 is 6.09 Å². The van der Waals surface area contributed by atoms with Crippen molar-refractivity contribution in [3.8, 4) is 11.5 Å². The van der Waals surface area contributed by atoms with Gasteiger partial charge in [0.25, 0.3) is 0 Å². The Bertz CT molecular complexity index is 1340. The van der Waals surface area contributed by atoms with E-state index >= 15 is 0 Å². The van der Waals surface area contributed by atoms with Crippen molar-refractivity contribution in [1.29, 1.82) is 0 Å². The molecule has 2 fully saturated rings. The van der Waals surface area contributed by atoms with Gasteiger partial charge in [-0.15, -0.1) is 0 Å². The third-order valence-corrected chi connectivity index (χ3v) is 8.70. The summed E-state index contributed by atoms with van der Waals surface area (Å²) in [4.78, 5) is 18.6. The van der Waals surface area contributed by atoms with Crippen LogP contribution in [0.5, 0.6) is 11.5 Å². The standard InChI is InChI=1S/C28H31N3O6S/c1-35-26-18-30(28(32)37-22-10-3-2-4-11-22)19-27(26)36-23-12-7-9-21(17-23)20-38(33,34)31-16-8-14-25(31)24-13-5-6-15-29-24/h2-7,9-13,15,17,25-27H,8,14,16,18-20H2,1H3. The lowest BCUT2D eigenvalue weighted by molar-refractivity contribution is 0.0341. The molecule has 10 heteroatoms. The van der Waals surface area contributed by atoms with Gasteiger partial charge in [0.15, 0.2) is 0 Å². The van der Waals surface area contributed by atoms with Crippen LogP contribution in [-0.2, 0) is 20.5 Å². The minimum atomic E-state index is -3.58. The highest BCUT2D eigenvalue weighted by atomic mass is 32.2. The van der Waals surface area contributed by atoms with E-state index in [4.69, 9.17) is 14.2 Å². The quantitative estimate of drug-likeness (QED) is 0.428. The highest BCUT2D eigenvalue weighted by Crippen LogP contribution is 2.34. The molecule has 0 N–H and O–H groups in total. The van der Waals surface area contributed by atoms with E-state index in [0.717, 1.165) is 18.5 Å². The van der Waals surface area contributed by atoms with Gasteiger partial charge in [-0.2, -0.15) is 4.31 Å². The molecule has 3 heterocycles. The summed E-state index contributed by atoms with van der Waals surface area (Å²) in [5.41, 5.74) is 1.40. The Balaban J connectivity index is 1.24. The number of benzene rings is 2. The molecule has 0 spiro atoms. The third-order valence-electron chi connectivity index (χ3n) is 6.85. The number of pyridine rings is 1. The zero-order chi connectivity index (χ0) is 26.5. The maximum absolute atomic E-state index is 13.4. The molecule has 0 bridgehead atoms. The van der Waals surface area contributed by atoms with Crippen LogP contribution in [0, 0.1) is 0 Å². The fourth-order valence-corrected chi connectivity index (χ4v) is 6.78. The minimum Gasteiger partial charge on any atom is -0.486 e. The number of amides is 1. The second-order valence-corrected chi connectivity index (χ2v) is 11.4. The van der Waals surface area contributed by atoms with Crippen molar-refractivity contribution in [2.45, 2.75) is 36.8 Å². The van der Waals surface area contributed by atoms with Gasteiger partial charge in [-0.1, -0.05) is 36.4 Å². The lowest BCUT2D eigenvalue weighted by Crippen LogP contribution is -2.33. The van der Waals surface area contributed by atoms with Crippen LogP contribution >= 0.6 is 0 Å². The highest BCUT2D eigenvalue weighted by molar-refractivity contribution is 7.88. The Morgan fingerprint density at radius 2 is 1.74 bits per heavy atom. The number of hydrogen-bond acceptors (Lipinski definition) is 7. The fraction of sp³-hybridized carbons (Fsp3) is 0.357. The van der Waals surface area contributed by atoms with Gasteiger partial charge in [0, 0.05) is 19.9 Å². The van der Waals surface area contributed by atoms with E-state index in [-0.39, 0.29) is 24.4 Å². The van der Waals surface area contributed by atoms with Crippen molar-refractivity contribution < 1.29 is 27.4 Å². The van der Waals surface area contributed by atoms with E-state index in [2.05, 4.69) is 4.98 Å². The normalized spacial score (nSPS) is 21.9. The monoisotopic (exact) mass is 537 g/mol. The number of ether oxygens (including phenoxy) is 3. The minimum absolute atomic E-state index is 0.137. The molecule has 2 saturated heterocycles. The lowest BCUT2D eigenvalue weighted by Gasteiger charge is -2.24. The van der Waals surface area contributed by atoms with E-state index in [9.17, 15) is 13.2 Å². The van der Waals surface area contributed by atoms with Gasteiger partial charge in [-0.3, -0.25) is 4.98 Å². The maximum Gasteiger partial charge on any atom is 0.415 e. The van der Waals surface area contributed by atoms with Crippen LogP contribution in [0.2, 0.25) is 0 Å². The number of carbonyl (C=O) groups is 1. The topological polar surface area (TPSA) is 98.3 Å². The molecular weight excluding hydrogens is 506 g/mol. The van der Waals surface area contributed by atoms with Crippen molar-refractivity contribution in [2.24, 2.45) is 0 Å². The Labute approximate surface area is 223 Å². The third kappa shape index (κ3) is 5.98. The van der Waals surface area contributed by atoms with E-state index in [1.54, 1.807) is 71.0 Å². The van der Waals surface area contributed by atoms with Crippen LogP contribution in [0.15, 0.2) is 79.0 Å². The van der Waals surface area contributed by atoms with Gasteiger partial charge in [0.1, 0.15) is 23.7 Å².